The van der Waals surface area contributed by atoms with Gasteiger partial charge < -0.3 is 24.3 Å². The Labute approximate surface area is 181 Å². The maximum absolute atomic E-state index is 13.5. The van der Waals surface area contributed by atoms with Crippen molar-refractivity contribution in [1.29, 1.82) is 0 Å². The zero-order valence-corrected chi connectivity index (χ0v) is 18.3. The van der Waals surface area contributed by atoms with E-state index in [1.807, 2.05) is 19.1 Å². The molecule has 0 aromatic heterocycles. The van der Waals surface area contributed by atoms with Gasteiger partial charge in [0.2, 0.25) is 5.91 Å². The van der Waals surface area contributed by atoms with E-state index >= 15 is 0 Å². The molecule has 8 heteroatoms. The van der Waals surface area contributed by atoms with Crippen molar-refractivity contribution in [3.05, 3.63) is 29.5 Å². The third-order valence-electron chi connectivity index (χ3n) is 7.75. The Morgan fingerprint density at radius 1 is 1.26 bits per heavy atom. The molecule has 1 N–H and O–H groups in total. The summed E-state index contributed by atoms with van der Waals surface area (Å²) < 4.78 is 21.8. The number of hydrogen-bond donors (Lipinski definition) is 1. The lowest BCUT2D eigenvalue weighted by Crippen LogP contribution is -2.56. The lowest BCUT2D eigenvalue weighted by Gasteiger charge is -2.48. The largest absolute Gasteiger partial charge is 0.497 e. The molecule has 0 radical (unpaired) electrons. The van der Waals surface area contributed by atoms with E-state index in [1.165, 1.54) is 7.11 Å². The van der Waals surface area contributed by atoms with Crippen LogP contribution in [0.5, 0.6) is 11.5 Å². The van der Waals surface area contributed by atoms with Gasteiger partial charge in [0, 0.05) is 24.4 Å². The highest BCUT2D eigenvalue weighted by atomic mass is 16.5. The van der Waals surface area contributed by atoms with Gasteiger partial charge in [0.1, 0.15) is 0 Å². The number of carbonyl (C=O) groups excluding carboxylic acids is 2. The van der Waals surface area contributed by atoms with Gasteiger partial charge in [0.15, 0.2) is 11.5 Å². The van der Waals surface area contributed by atoms with Gasteiger partial charge in [-0.2, -0.15) is 0 Å². The van der Waals surface area contributed by atoms with E-state index in [1.54, 1.807) is 20.5 Å². The minimum Gasteiger partial charge on any atom is -0.497 e. The third-order valence-corrected chi connectivity index (χ3v) is 7.75. The Morgan fingerprint density at radius 3 is 2.77 bits per heavy atom. The zero-order chi connectivity index (χ0) is 21.9. The fraction of sp³-hybridized carbons (Fsp3) is 0.565. The molecule has 1 aromatic carbocycles. The van der Waals surface area contributed by atoms with E-state index in [0.29, 0.717) is 29.2 Å². The first kappa shape index (κ1) is 20.2. The number of amides is 1. The number of nitrogens with one attached hydrogen (secondary N) is 1. The predicted molar refractivity (Wildman–Crippen MR) is 112 cm³/mol. The van der Waals surface area contributed by atoms with Gasteiger partial charge in [0.25, 0.3) is 0 Å². The maximum atomic E-state index is 13.5. The monoisotopic (exact) mass is 428 g/mol. The molecule has 1 amide bonds. The molecule has 166 valence electrons. The summed E-state index contributed by atoms with van der Waals surface area (Å²) in [5.41, 5.74) is 1.53. The molecule has 0 aliphatic carbocycles. The Hall–Kier alpha value is -2.74. The Kier molecular flexibility index (Phi) is 4.66. The van der Waals surface area contributed by atoms with E-state index in [-0.39, 0.29) is 35.9 Å². The minimum atomic E-state index is -0.678. The van der Waals surface area contributed by atoms with E-state index < -0.39 is 5.41 Å². The van der Waals surface area contributed by atoms with Crippen LogP contribution in [-0.4, -0.2) is 63.3 Å². The number of rotatable bonds is 3. The van der Waals surface area contributed by atoms with Crippen LogP contribution in [0.4, 0.5) is 5.69 Å². The molecular formula is C23H28N2O6. The Bertz CT molecular complexity index is 975. The van der Waals surface area contributed by atoms with E-state index in [2.05, 4.69) is 10.2 Å². The maximum Gasteiger partial charge on any atom is 0.337 e. The molecule has 4 aliphatic rings. The molecule has 0 saturated carbocycles. The number of carbonyl (C=O) groups is 2. The zero-order valence-electron chi connectivity index (χ0n) is 18.3. The van der Waals surface area contributed by atoms with Crippen molar-refractivity contribution in [3.8, 4) is 11.5 Å². The van der Waals surface area contributed by atoms with Crippen LogP contribution in [0.25, 0.3) is 0 Å². The molecule has 4 aliphatic heterocycles. The molecule has 0 unspecified atom stereocenters. The average Bonchev–Trinajstić information content (AvgIpc) is 3.30. The van der Waals surface area contributed by atoms with Crippen LogP contribution in [0.15, 0.2) is 24.0 Å². The highest BCUT2D eigenvalue weighted by Crippen LogP contribution is 2.56. The van der Waals surface area contributed by atoms with Crippen molar-refractivity contribution in [2.75, 3.05) is 39.7 Å². The Balaban J connectivity index is 1.57. The second-order valence-electron chi connectivity index (χ2n) is 8.82. The number of anilines is 1. The highest BCUT2D eigenvalue weighted by Gasteiger charge is 2.61. The molecular weight excluding hydrogens is 400 g/mol. The van der Waals surface area contributed by atoms with Crippen molar-refractivity contribution in [2.45, 2.75) is 37.3 Å². The molecule has 31 heavy (non-hydrogen) atoms. The first-order chi connectivity index (χ1) is 15.0. The van der Waals surface area contributed by atoms with Crippen LogP contribution < -0.4 is 14.8 Å². The molecule has 4 heterocycles. The molecule has 5 rings (SSSR count). The lowest BCUT2D eigenvalue weighted by molar-refractivity contribution is -0.139. The van der Waals surface area contributed by atoms with Gasteiger partial charge in [-0.3, -0.25) is 9.69 Å². The Morgan fingerprint density at radius 2 is 2.06 bits per heavy atom. The van der Waals surface area contributed by atoms with Crippen LogP contribution in [0.1, 0.15) is 25.3 Å². The number of methoxy groups -OCH3 is 3. The average molecular weight is 428 g/mol. The highest BCUT2D eigenvalue weighted by molar-refractivity contribution is 6.09. The lowest BCUT2D eigenvalue weighted by atomic mass is 9.66. The van der Waals surface area contributed by atoms with Crippen LogP contribution in [0.2, 0.25) is 0 Å². The van der Waals surface area contributed by atoms with Crippen LogP contribution in [-0.2, 0) is 24.5 Å². The second-order valence-corrected chi connectivity index (χ2v) is 8.82. The second kappa shape index (κ2) is 7.15. The quantitative estimate of drug-likeness (QED) is 0.738. The van der Waals surface area contributed by atoms with E-state index in [0.717, 1.165) is 25.1 Å². The van der Waals surface area contributed by atoms with Gasteiger partial charge in [-0.15, -0.1) is 0 Å². The van der Waals surface area contributed by atoms with Crippen molar-refractivity contribution in [3.63, 3.8) is 0 Å². The van der Waals surface area contributed by atoms with Crippen molar-refractivity contribution < 1.29 is 28.5 Å². The van der Waals surface area contributed by atoms with E-state index in [9.17, 15) is 9.59 Å². The summed E-state index contributed by atoms with van der Waals surface area (Å²) in [4.78, 5) is 28.4. The van der Waals surface area contributed by atoms with Crippen molar-refractivity contribution in [1.82, 2.24) is 4.90 Å². The summed E-state index contributed by atoms with van der Waals surface area (Å²) in [6.07, 6.45) is 2.98. The molecule has 1 spiro atoms. The van der Waals surface area contributed by atoms with E-state index in [4.69, 9.17) is 18.9 Å². The SMILES string of the molecule is COC(=O)C1=CO[C@H](C)[C@H]2CN3CC[C@@]4(C(=O)Nc5c4ccc(OC)c5OC)[C@H]3C[C@H]12. The smallest absolute Gasteiger partial charge is 0.337 e. The fourth-order valence-electron chi connectivity index (χ4n) is 6.20. The molecule has 0 bridgehead atoms. The van der Waals surface area contributed by atoms with Gasteiger partial charge >= 0.3 is 5.97 Å². The van der Waals surface area contributed by atoms with Crippen molar-refractivity contribution in [2.24, 2.45) is 11.8 Å². The molecule has 2 saturated heterocycles. The van der Waals surface area contributed by atoms with Crippen LogP contribution in [0, 0.1) is 11.8 Å². The number of ether oxygens (including phenoxy) is 4. The summed E-state index contributed by atoms with van der Waals surface area (Å²) >= 11 is 0. The van der Waals surface area contributed by atoms with Gasteiger partial charge in [-0.05, 0) is 37.9 Å². The summed E-state index contributed by atoms with van der Waals surface area (Å²) in [5.74, 6) is 0.941. The first-order valence-corrected chi connectivity index (χ1v) is 10.7. The first-order valence-electron chi connectivity index (χ1n) is 10.7. The molecule has 2 fully saturated rings. The number of fused-ring (bicyclic) bond motifs is 5. The summed E-state index contributed by atoms with van der Waals surface area (Å²) in [6, 6.07) is 3.82. The van der Waals surface area contributed by atoms with Gasteiger partial charge in [-0.1, -0.05) is 6.07 Å². The predicted octanol–water partition coefficient (Wildman–Crippen LogP) is 2.08. The molecule has 8 nitrogen and oxygen atoms in total. The fourth-order valence-corrected chi connectivity index (χ4v) is 6.20. The molecule has 1 aromatic rings. The third kappa shape index (κ3) is 2.63. The van der Waals surface area contributed by atoms with Gasteiger partial charge in [-0.25, -0.2) is 4.79 Å². The van der Waals surface area contributed by atoms with Crippen LogP contribution >= 0.6 is 0 Å². The van der Waals surface area contributed by atoms with Gasteiger partial charge in [0.05, 0.1) is 50.4 Å². The summed E-state index contributed by atoms with van der Waals surface area (Å²) in [5, 5.41) is 3.08. The number of esters is 1. The number of benzene rings is 1. The number of nitrogens with zero attached hydrogens (tertiary/aromatic N) is 1. The minimum absolute atomic E-state index is 0.00459. The molecule has 5 atom stereocenters. The summed E-state index contributed by atoms with van der Waals surface area (Å²) in [6.45, 7) is 3.64. The normalized spacial score (nSPS) is 33.5. The number of piperidine rings is 1. The standard InChI is InChI=1S/C23H28N2O6/c1-12-14-10-25-8-7-23(18(25)9-13(14)15(11-31-12)21(26)30-4)16-5-6-17(28-2)20(29-3)19(16)24-22(23)27/h5-6,11-14,18H,7-10H2,1-4H3,(H,24,27)/t12-,13+,14-,18-,23+/m1/s1. The summed E-state index contributed by atoms with van der Waals surface area (Å²) in [7, 11) is 4.56. The number of hydrogen-bond acceptors (Lipinski definition) is 7. The van der Waals surface area contributed by atoms with Crippen molar-refractivity contribution >= 4 is 17.6 Å². The topological polar surface area (TPSA) is 86.3 Å². The van der Waals surface area contributed by atoms with Crippen LogP contribution in [0.3, 0.4) is 0 Å².